The molecule has 0 saturated heterocycles. The molecular formula is C19H33F3N6O2. The number of nitrogens with one attached hydrogen (secondary N) is 3. The number of ether oxygens (including phenoxy) is 1. The summed E-state index contributed by atoms with van der Waals surface area (Å²) in [5.41, 5.74) is -2.15. The van der Waals surface area contributed by atoms with E-state index in [0.717, 1.165) is 4.68 Å². The van der Waals surface area contributed by atoms with E-state index in [1.54, 1.807) is 20.8 Å². The second kappa shape index (κ2) is 10.0. The second-order valence-electron chi connectivity index (χ2n) is 8.07. The van der Waals surface area contributed by atoms with Crippen molar-refractivity contribution in [2.75, 3.05) is 13.6 Å². The van der Waals surface area contributed by atoms with Gasteiger partial charge in [-0.25, -0.2) is 4.79 Å². The van der Waals surface area contributed by atoms with Crippen LogP contribution in [0.25, 0.3) is 0 Å². The number of alkyl halides is 3. The van der Waals surface area contributed by atoms with Gasteiger partial charge < -0.3 is 20.7 Å². The second-order valence-corrected chi connectivity index (χ2v) is 8.07. The molecule has 0 unspecified atom stereocenters. The number of halogens is 3. The minimum absolute atomic E-state index is 0.0112. The highest BCUT2D eigenvalue weighted by Crippen LogP contribution is 2.30. The Hall–Kier alpha value is -2.46. The number of carbonyl (C=O) groups is 1. The molecule has 1 aromatic rings. The summed E-state index contributed by atoms with van der Waals surface area (Å²) in [5.74, 6) is 0.309. The van der Waals surface area contributed by atoms with Crippen LogP contribution < -0.4 is 16.0 Å². The smallest absolute Gasteiger partial charge is 0.435 e. The molecular weight excluding hydrogens is 401 g/mol. The average molecular weight is 435 g/mol. The van der Waals surface area contributed by atoms with Crippen molar-refractivity contribution in [3.05, 3.63) is 17.5 Å². The third kappa shape index (κ3) is 7.75. The van der Waals surface area contributed by atoms with Crippen LogP contribution in [0.2, 0.25) is 0 Å². The maximum absolute atomic E-state index is 13.1. The van der Waals surface area contributed by atoms with Crippen molar-refractivity contribution in [3.63, 3.8) is 0 Å². The molecule has 8 nitrogen and oxygen atoms in total. The molecule has 0 aromatic carbocycles. The number of amides is 1. The van der Waals surface area contributed by atoms with Gasteiger partial charge in [0.2, 0.25) is 0 Å². The van der Waals surface area contributed by atoms with Crippen molar-refractivity contribution in [2.24, 2.45) is 12.0 Å². The molecule has 1 heterocycles. The van der Waals surface area contributed by atoms with Crippen LogP contribution >= 0.6 is 0 Å². The Morgan fingerprint density at radius 2 is 1.80 bits per heavy atom. The predicted molar refractivity (Wildman–Crippen MR) is 109 cm³/mol. The van der Waals surface area contributed by atoms with Gasteiger partial charge >= 0.3 is 12.3 Å². The topological polar surface area (TPSA) is 92.6 Å². The molecule has 1 rings (SSSR count). The van der Waals surface area contributed by atoms with E-state index in [0.29, 0.717) is 25.3 Å². The molecule has 0 fully saturated rings. The lowest BCUT2D eigenvalue weighted by molar-refractivity contribution is -0.142. The third-order valence-corrected chi connectivity index (χ3v) is 4.56. The maximum Gasteiger partial charge on any atom is 0.435 e. The SMILES string of the molecule is CCC(CC)(CNC(=NC)NCc1cn(C)nc1C(F)(F)F)NC(=O)OC(C)(C)C. The Labute approximate surface area is 175 Å². The Morgan fingerprint density at radius 1 is 1.20 bits per heavy atom. The minimum Gasteiger partial charge on any atom is -0.444 e. The summed E-state index contributed by atoms with van der Waals surface area (Å²) in [4.78, 5) is 16.3. The number of carbonyl (C=O) groups excluding carboxylic acids is 1. The first-order valence-electron chi connectivity index (χ1n) is 9.80. The van der Waals surface area contributed by atoms with Crippen LogP contribution in [-0.4, -0.2) is 46.6 Å². The lowest BCUT2D eigenvalue weighted by atomic mass is 9.93. The fraction of sp³-hybridized carbons (Fsp3) is 0.737. The van der Waals surface area contributed by atoms with Gasteiger partial charge in [0, 0.05) is 38.9 Å². The normalized spacial score (nSPS) is 13.2. The third-order valence-electron chi connectivity index (χ3n) is 4.56. The Kier molecular flexibility index (Phi) is 8.55. The summed E-state index contributed by atoms with van der Waals surface area (Å²) in [5, 5.41) is 12.3. The van der Waals surface area contributed by atoms with Crippen molar-refractivity contribution in [2.45, 2.75) is 71.3 Å². The van der Waals surface area contributed by atoms with Gasteiger partial charge in [-0.15, -0.1) is 0 Å². The lowest BCUT2D eigenvalue weighted by Gasteiger charge is -2.34. The predicted octanol–water partition coefficient (Wildman–Crippen LogP) is 3.19. The summed E-state index contributed by atoms with van der Waals surface area (Å²) in [6, 6.07) is 0. The number of alkyl carbamates (subject to hydrolysis) is 1. The van der Waals surface area contributed by atoms with Gasteiger partial charge in [-0.05, 0) is 33.6 Å². The van der Waals surface area contributed by atoms with Crippen LogP contribution in [0.4, 0.5) is 18.0 Å². The van der Waals surface area contributed by atoms with E-state index in [2.05, 4.69) is 26.0 Å². The highest BCUT2D eigenvalue weighted by molar-refractivity contribution is 5.80. The molecule has 0 aliphatic rings. The van der Waals surface area contributed by atoms with Crippen LogP contribution in [0.3, 0.4) is 0 Å². The van der Waals surface area contributed by atoms with Crippen molar-refractivity contribution in [1.29, 1.82) is 0 Å². The number of guanidine groups is 1. The van der Waals surface area contributed by atoms with Crippen molar-refractivity contribution in [3.8, 4) is 0 Å². The zero-order valence-electron chi connectivity index (χ0n) is 18.7. The van der Waals surface area contributed by atoms with Crippen molar-refractivity contribution in [1.82, 2.24) is 25.7 Å². The lowest BCUT2D eigenvalue weighted by Crippen LogP contribution is -2.57. The molecule has 0 spiro atoms. The maximum atomic E-state index is 13.1. The number of aliphatic imine (C=N–C) groups is 1. The Bertz CT molecular complexity index is 734. The summed E-state index contributed by atoms with van der Waals surface area (Å²) in [7, 11) is 2.95. The van der Waals surface area contributed by atoms with E-state index in [4.69, 9.17) is 4.74 Å². The molecule has 172 valence electrons. The van der Waals surface area contributed by atoms with E-state index in [1.165, 1.54) is 20.3 Å². The molecule has 0 aliphatic heterocycles. The Balaban J connectivity index is 2.78. The molecule has 1 aromatic heterocycles. The van der Waals surface area contributed by atoms with E-state index < -0.39 is 29.1 Å². The fourth-order valence-electron chi connectivity index (χ4n) is 2.80. The zero-order chi connectivity index (χ0) is 23.2. The van der Waals surface area contributed by atoms with E-state index in [1.807, 2.05) is 13.8 Å². The van der Waals surface area contributed by atoms with Crippen molar-refractivity contribution >= 4 is 12.1 Å². The van der Waals surface area contributed by atoms with Crippen LogP contribution in [0.1, 0.15) is 58.7 Å². The number of hydrogen-bond donors (Lipinski definition) is 3. The van der Waals surface area contributed by atoms with Crippen molar-refractivity contribution < 1.29 is 22.7 Å². The molecule has 0 radical (unpaired) electrons. The summed E-state index contributed by atoms with van der Waals surface area (Å²) >= 11 is 0. The van der Waals surface area contributed by atoms with Crippen LogP contribution in [0, 0.1) is 0 Å². The average Bonchev–Trinajstić information content (AvgIpc) is 3.00. The van der Waals surface area contributed by atoms with Gasteiger partial charge in [-0.1, -0.05) is 13.8 Å². The fourth-order valence-corrected chi connectivity index (χ4v) is 2.80. The first-order valence-corrected chi connectivity index (χ1v) is 9.80. The molecule has 30 heavy (non-hydrogen) atoms. The first-order chi connectivity index (χ1) is 13.7. The number of rotatable bonds is 7. The number of aromatic nitrogens is 2. The molecule has 11 heteroatoms. The van der Waals surface area contributed by atoms with Crippen LogP contribution in [0.5, 0.6) is 0 Å². The molecule has 0 atom stereocenters. The summed E-state index contributed by atoms with van der Waals surface area (Å²) in [6.07, 6.45) is -2.51. The highest BCUT2D eigenvalue weighted by atomic mass is 19.4. The quantitative estimate of drug-likeness (QED) is 0.453. The van der Waals surface area contributed by atoms with Gasteiger partial charge in [0.15, 0.2) is 11.7 Å². The number of hydrogen-bond acceptors (Lipinski definition) is 4. The molecule has 0 saturated carbocycles. The minimum atomic E-state index is -4.54. The summed E-state index contributed by atoms with van der Waals surface area (Å²) in [6.45, 7) is 9.43. The first kappa shape index (κ1) is 25.6. The van der Waals surface area contributed by atoms with Gasteiger partial charge in [0.05, 0.1) is 5.54 Å². The van der Waals surface area contributed by atoms with Gasteiger partial charge in [0.25, 0.3) is 0 Å². The van der Waals surface area contributed by atoms with Crippen LogP contribution in [-0.2, 0) is 24.5 Å². The highest BCUT2D eigenvalue weighted by Gasteiger charge is 2.37. The molecule has 3 N–H and O–H groups in total. The standard InChI is InChI=1S/C19H33F3N6O2/c1-8-18(9-2,26-16(29)30-17(3,4)5)12-25-15(23-6)24-10-13-11-28(7)27-14(13)19(20,21)22/h11H,8-10,12H2,1-7H3,(H,26,29)(H2,23,24,25). The van der Waals surface area contributed by atoms with E-state index in [-0.39, 0.29) is 12.1 Å². The van der Waals surface area contributed by atoms with E-state index in [9.17, 15) is 18.0 Å². The Morgan fingerprint density at radius 3 is 2.27 bits per heavy atom. The number of nitrogens with zero attached hydrogens (tertiary/aromatic N) is 3. The van der Waals surface area contributed by atoms with Gasteiger partial charge in [0.1, 0.15) is 5.60 Å². The largest absolute Gasteiger partial charge is 0.444 e. The molecule has 0 aliphatic carbocycles. The number of aryl methyl sites for hydroxylation is 1. The monoisotopic (exact) mass is 434 g/mol. The molecule has 1 amide bonds. The van der Waals surface area contributed by atoms with E-state index >= 15 is 0 Å². The molecule has 0 bridgehead atoms. The van der Waals surface area contributed by atoms with Gasteiger partial charge in [-0.3, -0.25) is 9.67 Å². The van der Waals surface area contributed by atoms with Gasteiger partial charge in [-0.2, -0.15) is 18.3 Å². The summed E-state index contributed by atoms with van der Waals surface area (Å²) < 4.78 is 45.8. The zero-order valence-corrected chi connectivity index (χ0v) is 18.7. The van der Waals surface area contributed by atoms with Crippen LogP contribution in [0.15, 0.2) is 11.2 Å².